The Hall–Kier alpha value is -2.34. The van der Waals surface area contributed by atoms with Crippen LogP contribution in [0.3, 0.4) is 0 Å². The van der Waals surface area contributed by atoms with Gasteiger partial charge in [0.15, 0.2) is 0 Å². The molecule has 1 aromatic carbocycles. The van der Waals surface area contributed by atoms with Crippen molar-refractivity contribution in [3.8, 4) is 0 Å². The Kier molecular flexibility index (Phi) is 5.34. The largest absolute Gasteiger partial charge is 0.391 e. The number of benzene rings is 1. The number of aliphatic hydroxyl groups excluding tert-OH is 1. The van der Waals surface area contributed by atoms with Gasteiger partial charge in [-0.2, -0.15) is 5.10 Å². The van der Waals surface area contributed by atoms with Crippen LogP contribution in [-0.2, 0) is 20.0 Å². The quantitative estimate of drug-likeness (QED) is 0.736. The maximum Gasteiger partial charge on any atom is 0.315 e. The minimum absolute atomic E-state index is 0.214. The minimum Gasteiger partial charge on any atom is -0.391 e. The van der Waals surface area contributed by atoms with E-state index in [1.54, 1.807) is 10.9 Å². The molecule has 0 aliphatic rings. The maximum absolute atomic E-state index is 11.6. The van der Waals surface area contributed by atoms with Crippen molar-refractivity contribution in [2.24, 2.45) is 7.05 Å². The second-order valence-corrected chi connectivity index (χ2v) is 4.85. The van der Waals surface area contributed by atoms with E-state index in [0.717, 1.165) is 11.3 Å². The number of aryl methyl sites for hydroxylation is 1. The zero-order valence-electron chi connectivity index (χ0n) is 12.0. The van der Waals surface area contributed by atoms with E-state index in [0.29, 0.717) is 13.0 Å². The van der Waals surface area contributed by atoms with Crippen molar-refractivity contribution in [3.05, 3.63) is 53.9 Å². The lowest BCUT2D eigenvalue weighted by Crippen LogP contribution is -2.40. The summed E-state index contributed by atoms with van der Waals surface area (Å²) in [5, 5.41) is 19.3. The predicted molar refractivity (Wildman–Crippen MR) is 79.6 cm³/mol. The third kappa shape index (κ3) is 4.92. The summed E-state index contributed by atoms with van der Waals surface area (Å²) in [5.74, 6) is 0. The monoisotopic (exact) mass is 288 g/mol. The molecule has 6 nitrogen and oxygen atoms in total. The Morgan fingerprint density at radius 3 is 2.71 bits per heavy atom. The van der Waals surface area contributed by atoms with Crippen LogP contribution in [0.4, 0.5) is 4.79 Å². The molecule has 2 amide bonds. The van der Waals surface area contributed by atoms with Crippen LogP contribution in [0.2, 0.25) is 0 Å². The van der Waals surface area contributed by atoms with Gasteiger partial charge >= 0.3 is 6.03 Å². The molecule has 0 bridgehead atoms. The van der Waals surface area contributed by atoms with Gasteiger partial charge in [-0.25, -0.2) is 4.79 Å². The van der Waals surface area contributed by atoms with Gasteiger partial charge in [0.25, 0.3) is 0 Å². The lowest BCUT2D eigenvalue weighted by Gasteiger charge is -2.12. The van der Waals surface area contributed by atoms with E-state index in [1.165, 1.54) is 0 Å². The number of urea groups is 1. The van der Waals surface area contributed by atoms with Gasteiger partial charge in [-0.05, 0) is 11.6 Å². The van der Waals surface area contributed by atoms with Crippen molar-refractivity contribution in [3.63, 3.8) is 0 Å². The van der Waals surface area contributed by atoms with E-state index in [9.17, 15) is 9.90 Å². The maximum atomic E-state index is 11.6. The van der Waals surface area contributed by atoms with E-state index in [-0.39, 0.29) is 12.6 Å². The number of hydrogen-bond acceptors (Lipinski definition) is 3. The fraction of sp³-hybridized carbons (Fsp3) is 0.333. The number of hydrogen-bond donors (Lipinski definition) is 3. The van der Waals surface area contributed by atoms with Gasteiger partial charge in [0, 0.05) is 26.2 Å². The zero-order valence-corrected chi connectivity index (χ0v) is 12.0. The number of aromatic nitrogens is 2. The molecule has 0 aliphatic heterocycles. The van der Waals surface area contributed by atoms with Gasteiger partial charge in [-0.15, -0.1) is 0 Å². The van der Waals surface area contributed by atoms with Crippen LogP contribution < -0.4 is 10.6 Å². The Labute approximate surface area is 123 Å². The predicted octanol–water partition coefficient (Wildman–Crippen LogP) is 0.823. The molecular weight excluding hydrogens is 268 g/mol. The molecule has 1 heterocycles. The Bertz CT molecular complexity index is 568. The third-order valence-corrected chi connectivity index (χ3v) is 3.16. The molecule has 3 N–H and O–H groups in total. The number of nitrogens with one attached hydrogen (secondary N) is 2. The molecule has 1 unspecified atom stereocenters. The van der Waals surface area contributed by atoms with Crippen LogP contribution in [0.5, 0.6) is 0 Å². The molecule has 6 heteroatoms. The van der Waals surface area contributed by atoms with Gasteiger partial charge in [-0.3, -0.25) is 4.68 Å². The molecule has 1 aromatic heterocycles. The molecule has 0 spiro atoms. The molecule has 0 saturated carbocycles. The first-order valence-electron chi connectivity index (χ1n) is 6.85. The summed E-state index contributed by atoms with van der Waals surface area (Å²) < 4.78 is 1.70. The first kappa shape index (κ1) is 15.1. The van der Waals surface area contributed by atoms with Crippen LogP contribution in [-0.4, -0.2) is 33.6 Å². The summed E-state index contributed by atoms with van der Waals surface area (Å²) in [5.41, 5.74) is 1.96. The number of carbonyl (C=O) groups excluding carboxylic acids is 1. The minimum atomic E-state index is -0.602. The number of rotatable bonds is 6. The van der Waals surface area contributed by atoms with Gasteiger partial charge in [0.2, 0.25) is 0 Å². The highest BCUT2D eigenvalue weighted by atomic mass is 16.3. The van der Waals surface area contributed by atoms with E-state index < -0.39 is 6.10 Å². The van der Waals surface area contributed by atoms with Crippen LogP contribution in [0.25, 0.3) is 0 Å². The third-order valence-electron chi connectivity index (χ3n) is 3.16. The Balaban J connectivity index is 1.68. The van der Waals surface area contributed by atoms with Crippen molar-refractivity contribution >= 4 is 6.03 Å². The van der Waals surface area contributed by atoms with Crippen LogP contribution in [0, 0.1) is 0 Å². The standard InChI is InChI=1S/C15H20N4O2/c1-19-13(7-8-18-19)10-16-15(21)17-11-14(20)9-12-5-3-2-4-6-12/h2-8,14,20H,9-11H2,1H3,(H2,16,17,21). The number of amides is 2. The first-order valence-corrected chi connectivity index (χ1v) is 6.85. The van der Waals surface area contributed by atoms with E-state index in [1.807, 2.05) is 43.4 Å². The zero-order chi connectivity index (χ0) is 15.1. The van der Waals surface area contributed by atoms with E-state index >= 15 is 0 Å². The lowest BCUT2D eigenvalue weighted by atomic mass is 10.1. The highest BCUT2D eigenvalue weighted by molar-refractivity contribution is 5.73. The van der Waals surface area contributed by atoms with Crippen molar-refractivity contribution in [1.29, 1.82) is 0 Å². The van der Waals surface area contributed by atoms with Gasteiger partial charge in [-0.1, -0.05) is 30.3 Å². The highest BCUT2D eigenvalue weighted by Crippen LogP contribution is 2.02. The van der Waals surface area contributed by atoms with E-state index in [2.05, 4.69) is 15.7 Å². The summed E-state index contributed by atoms with van der Waals surface area (Å²) >= 11 is 0. The van der Waals surface area contributed by atoms with Crippen molar-refractivity contribution in [2.75, 3.05) is 6.54 Å². The SMILES string of the molecule is Cn1nccc1CNC(=O)NCC(O)Cc1ccccc1. The smallest absolute Gasteiger partial charge is 0.315 e. The Morgan fingerprint density at radius 2 is 2.05 bits per heavy atom. The normalized spacial score (nSPS) is 11.9. The summed E-state index contributed by atoms with van der Waals surface area (Å²) in [4.78, 5) is 11.6. The molecule has 0 saturated heterocycles. The molecule has 112 valence electrons. The second kappa shape index (κ2) is 7.44. The molecule has 1 atom stereocenters. The molecule has 0 radical (unpaired) electrons. The van der Waals surface area contributed by atoms with Crippen LogP contribution >= 0.6 is 0 Å². The van der Waals surface area contributed by atoms with E-state index in [4.69, 9.17) is 0 Å². The topological polar surface area (TPSA) is 79.2 Å². The van der Waals surface area contributed by atoms with Crippen molar-refractivity contribution < 1.29 is 9.90 Å². The lowest BCUT2D eigenvalue weighted by molar-refractivity contribution is 0.170. The second-order valence-electron chi connectivity index (χ2n) is 4.85. The first-order chi connectivity index (χ1) is 10.1. The molecule has 0 aliphatic carbocycles. The molecule has 21 heavy (non-hydrogen) atoms. The van der Waals surface area contributed by atoms with Crippen molar-refractivity contribution in [2.45, 2.75) is 19.1 Å². The summed E-state index contributed by atoms with van der Waals surface area (Å²) in [6.45, 7) is 0.614. The van der Waals surface area contributed by atoms with Gasteiger partial charge in [0.05, 0.1) is 18.3 Å². The summed E-state index contributed by atoms with van der Waals surface area (Å²) in [6.07, 6.45) is 1.59. The molecular formula is C15H20N4O2. The molecule has 2 rings (SSSR count). The average Bonchev–Trinajstić information content (AvgIpc) is 2.89. The number of carbonyl (C=O) groups is 1. The molecule has 2 aromatic rings. The number of nitrogens with zero attached hydrogens (tertiary/aromatic N) is 2. The van der Waals surface area contributed by atoms with Crippen molar-refractivity contribution in [1.82, 2.24) is 20.4 Å². The molecule has 0 fully saturated rings. The summed E-state index contributed by atoms with van der Waals surface area (Å²) in [7, 11) is 1.82. The highest BCUT2D eigenvalue weighted by Gasteiger charge is 2.08. The van der Waals surface area contributed by atoms with Gasteiger partial charge < -0.3 is 15.7 Å². The number of aliphatic hydroxyl groups is 1. The Morgan fingerprint density at radius 1 is 1.29 bits per heavy atom. The van der Waals surface area contributed by atoms with Crippen LogP contribution in [0.1, 0.15) is 11.3 Å². The summed E-state index contributed by atoms with van der Waals surface area (Å²) in [6, 6.07) is 11.2. The van der Waals surface area contributed by atoms with Crippen LogP contribution in [0.15, 0.2) is 42.6 Å². The fourth-order valence-corrected chi connectivity index (χ4v) is 1.98. The average molecular weight is 288 g/mol. The fourth-order valence-electron chi connectivity index (χ4n) is 1.98. The van der Waals surface area contributed by atoms with Gasteiger partial charge in [0.1, 0.15) is 0 Å².